The fourth-order valence-corrected chi connectivity index (χ4v) is 1.23. The third-order valence-electron chi connectivity index (χ3n) is 2.20. The standard InChI is InChI=1S/C11H18F2/c1-4-6-9(3)7-8-10(5-2)11(12)13/h4,9H,1,5-8H2,2-3H3. The highest BCUT2D eigenvalue weighted by Gasteiger charge is 2.06. The molecule has 13 heavy (non-hydrogen) atoms. The molecule has 0 amide bonds. The molecule has 0 nitrogen and oxygen atoms in total. The number of hydrogen-bond acceptors (Lipinski definition) is 0. The molecule has 76 valence electrons. The molecule has 0 aromatic carbocycles. The highest BCUT2D eigenvalue weighted by molar-refractivity contribution is 5.01. The van der Waals surface area contributed by atoms with Crippen LogP contribution in [-0.4, -0.2) is 0 Å². The smallest absolute Gasteiger partial charge is 0.173 e. The molecule has 1 atom stereocenters. The largest absolute Gasteiger partial charge is 0.269 e. The van der Waals surface area contributed by atoms with Gasteiger partial charge in [0, 0.05) is 0 Å². The second-order valence-electron chi connectivity index (χ2n) is 3.39. The van der Waals surface area contributed by atoms with Crippen molar-refractivity contribution >= 4 is 0 Å². The molecule has 1 unspecified atom stereocenters. The fourth-order valence-electron chi connectivity index (χ4n) is 1.23. The highest BCUT2D eigenvalue weighted by Crippen LogP contribution is 2.21. The average Bonchev–Trinajstić information content (AvgIpc) is 2.05. The van der Waals surface area contributed by atoms with Crippen LogP contribution < -0.4 is 0 Å². The summed E-state index contributed by atoms with van der Waals surface area (Å²) in [4.78, 5) is 0. The maximum Gasteiger partial charge on any atom is 0.269 e. The molecule has 0 aliphatic heterocycles. The van der Waals surface area contributed by atoms with Gasteiger partial charge in [0.25, 0.3) is 6.08 Å². The van der Waals surface area contributed by atoms with Crippen molar-refractivity contribution in [2.45, 2.75) is 39.5 Å². The van der Waals surface area contributed by atoms with E-state index in [-0.39, 0.29) is 0 Å². The Morgan fingerprint density at radius 3 is 2.46 bits per heavy atom. The van der Waals surface area contributed by atoms with Crippen molar-refractivity contribution < 1.29 is 8.78 Å². The first kappa shape index (κ1) is 12.3. The van der Waals surface area contributed by atoms with Gasteiger partial charge in [0.1, 0.15) is 0 Å². The molecule has 0 saturated heterocycles. The Hall–Kier alpha value is -0.660. The van der Waals surface area contributed by atoms with Crippen LogP contribution in [0.1, 0.15) is 39.5 Å². The van der Waals surface area contributed by atoms with Crippen LogP contribution in [0, 0.1) is 5.92 Å². The fraction of sp³-hybridized carbons (Fsp3) is 0.636. The van der Waals surface area contributed by atoms with E-state index in [1.807, 2.05) is 6.08 Å². The van der Waals surface area contributed by atoms with Crippen molar-refractivity contribution in [3.8, 4) is 0 Å². The molecule has 0 radical (unpaired) electrons. The van der Waals surface area contributed by atoms with Crippen LogP contribution in [0.4, 0.5) is 8.78 Å². The Balaban J connectivity index is 3.86. The Bertz CT molecular complexity index is 179. The number of allylic oxidation sites excluding steroid dienone is 2. The number of hydrogen-bond donors (Lipinski definition) is 0. The zero-order valence-corrected chi connectivity index (χ0v) is 8.45. The molecule has 0 N–H and O–H groups in total. The van der Waals surface area contributed by atoms with Crippen LogP contribution in [-0.2, 0) is 0 Å². The van der Waals surface area contributed by atoms with Gasteiger partial charge < -0.3 is 0 Å². The Morgan fingerprint density at radius 2 is 2.08 bits per heavy atom. The van der Waals surface area contributed by atoms with Crippen LogP contribution in [0.2, 0.25) is 0 Å². The van der Waals surface area contributed by atoms with Gasteiger partial charge in [-0.05, 0) is 37.2 Å². The molecule has 0 fully saturated rings. The second kappa shape index (κ2) is 6.81. The first-order valence-corrected chi connectivity index (χ1v) is 4.75. The summed E-state index contributed by atoms with van der Waals surface area (Å²) in [5, 5.41) is 0. The maximum absolute atomic E-state index is 12.2. The minimum Gasteiger partial charge on any atom is -0.173 e. The normalized spacial score (nSPS) is 12.3. The topological polar surface area (TPSA) is 0 Å². The van der Waals surface area contributed by atoms with E-state index in [4.69, 9.17) is 0 Å². The van der Waals surface area contributed by atoms with Gasteiger partial charge in [-0.25, -0.2) is 0 Å². The van der Waals surface area contributed by atoms with Gasteiger partial charge in [-0.15, -0.1) is 6.58 Å². The summed E-state index contributed by atoms with van der Waals surface area (Å²) in [7, 11) is 0. The third kappa shape index (κ3) is 5.56. The first-order valence-electron chi connectivity index (χ1n) is 4.75. The summed E-state index contributed by atoms with van der Waals surface area (Å²) in [6.07, 6.45) is 3.06. The van der Waals surface area contributed by atoms with Crippen molar-refractivity contribution in [2.24, 2.45) is 5.92 Å². The zero-order valence-electron chi connectivity index (χ0n) is 8.45. The lowest BCUT2D eigenvalue weighted by Gasteiger charge is -2.08. The van der Waals surface area contributed by atoms with E-state index in [9.17, 15) is 8.78 Å². The summed E-state index contributed by atoms with van der Waals surface area (Å²) in [5.74, 6) is 0.457. The summed E-state index contributed by atoms with van der Waals surface area (Å²) >= 11 is 0. The van der Waals surface area contributed by atoms with E-state index in [0.717, 1.165) is 12.8 Å². The minimum absolute atomic E-state index is 0.302. The van der Waals surface area contributed by atoms with Crippen LogP contribution in [0.5, 0.6) is 0 Å². The van der Waals surface area contributed by atoms with Gasteiger partial charge in [-0.2, -0.15) is 8.78 Å². The van der Waals surface area contributed by atoms with Gasteiger partial charge in [0.05, 0.1) is 0 Å². The molecule has 0 aromatic rings. The third-order valence-corrected chi connectivity index (χ3v) is 2.20. The van der Waals surface area contributed by atoms with Gasteiger partial charge in [-0.1, -0.05) is 19.9 Å². The van der Waals surface area contributed by atoms with Crippen LogP contribution in [0.3, 0.4) is 0 Å². The van der Waals surface area contributed by atoms with Crippen molar-refractivity contribution in [3.63, 3.8) is 0 Å². The lowest BCUT2D eigenvalue weighted by atomic mass is 9.98. The van der Waals surface area contributed by atoms with E-state index in [1.54, 1.807) is 6.92 Å². The molecule has 0 aliphatic carbocycles. The lowest BCUT2D eigenvalue weighted by Crippen LogP contribution is -1.94. The summed E-state index contributed by atoms with van der Waals surface area (Å²) in [6, 6.07) is 0. The highest BCUT2D eigenvalue weighted by atomic mass is 19.3. The quantitative estimate of drug-likeness (QED) is 0.537. The Kier molecular flexibility index (Phi) is 6.47. The van der Waals surface area contributed by atoms with E-state index in [1.165, 1.54) is 0 Å². The van der Waals surface area contributed by atoms with E-state index in [2.05, 4.69) is 13.5 Å². The van der Waals surface area contributed by atoms with Crippen molar-refractivity contribution in [1.29, 1.82) is 0 Å². The van der Waals surface area contributed by atoms with Crippen LogP contribution in [0.25, 0.3) is 0 Å². The molecule has 0 rings (SSSR count). The van der Waals surface area contributed by atoms with E-state index >= 15 is 0 Å². The number of halogens is 2. The van der Waals surface area contributed by atoms with Gasteiger partial charge in [0.15, 0.2) is 0 Å². The van der Waals surface area contributed by atoms with Gasteiger partial charge in [-0.3, -0.25) is 0 Å². The van der Waals surface area contributed by atoms with Gasteiger partial charge in [0.2, 0.25) is 0 Å². The second-order valence-corrected chi connectivity index (χ2v) is 3.39. The van der Waals surface area contributed by atoms with E-state index < -0.39 is 6.08 Å². The first-order chi connectivity index (χ1) is 6.11. The Morgan fingerprint density at radius 1 is 1.46 bits per heavy atom. The van der Waals surface area contributed by atoms with E-state index in [0.29, 0.717) is 24.3 Å². The molecule has 0 aromatic heterocycles. The Labute approximate surface area is 79.3 Å². The molecule has 0 heterocycles. The maximum atomic E-state index is 12.2. The predicted octanol–water partition coefficient (Wildman–Crippen LogP) is 4.54. The molecular weight excluding hydrogens is 170 g/mol. The van der Waals surface area contributed by atoms with Crippen molar-refractivity contribution in [3.05, 3.63) is 24.3 Å². The summed E-state index contributed by atoms with van der Waals surface area (Å²) < 4.78 is 24.4. The molecule has 0 spiro atoms. The van der Waals surface area contributed by atoms with Crippen LogP contribution >= 0.6 is 0 Å². The molecule has 0 bridgehead atoms. The van der Waals surface area contributed by atoms with Gasteiger partial charge >= 0.3 is 0 Å². The molecular formula is C11H18F2. The lowest BCUT2D eigenvalue weighted by molar-refractivity contribution is 0.399. The van der Waals surface area contributed by atoms with Crippen LogP contribution in [0.15, 0.2) is 24.3 Å². The van der Waals surface area contributed by atoms with Crippen molar-refractivity contribution in [1.82, 2.24) is 0 Å². The predicted molar refractivity (Wildman–Crippen MR) is 52.7 cm³/mol. The monoisotopic (exact) mass is 188 g/mol. The molecule has 2 heteroatoms. The molecule has 0 aliphatic rings. The molecule has 0 saturated carbocycles. The van der Waals surface area contributed by atoms with Crippen molar-refractivity contribution in [2.75, 3.05) is 0 Å². The summed E-state index contributed by atoms with van der Waals surface area (Å²) in [6.45, 7) is 7.45. The summed E-state index contributed by atoms with van der Waals surface area (Å²) in [5.41, 5.74) is 0.302. The zero-order chi connectivity index (χ0) is 10.3. The minimum atomic E-state index is -1.49. The number of rotatable bonds is 6. The SMILES string of the molecule is C=CCC(C)CCC(CC)=C(F)F. The average molecular weight is 188 g/mol.